The van der Waals surface area contributed by atoms with Gasteiger partial charge in [0, 0.05) is 17.0 Å². The van der Waals surface area contributed by atoms with E-state index in [1.165, 1.54) is 6.07 Å². The van der Waals surface area contributed by atoms with Crippen molar-refractivity contribution in [1.82, 2.24) is 0 Å². The molecule has 1 aliphatic rings. The lowest BCUT2D eigenvalue weighted by Gasteiger charge is -2.40. The van der Waals surface area contributed by atoms with Crippen molar-refractivity contribution in [2.24, 2.45) is 5.92 Å². The van der Waals surface area contributed by atoms with Gasteiger partial charge in [-0.25, -0.2) is 4.39 Å². The smallest absolute Gasteiger partial charge is 0.127 e. The molecule has 3 heteroatoms. The average molecular weight is 271 g/mol. The molecule has 18 heavy (non-hydrogen) atoms. The van der Waals surface area contributed by atoms with Gasteiger partial charge in [0.25, 0.3) is 0 Å². The van der Waals surface area contributed by atoms with Crippen molar-refractivity contribution in [2.75, 3.05) is 0 Å². The van der Waals surface area contributed by atoms with Gasteiger partial charge in [-0.1, -0.05) is 43.9 Å². The minimum Gasteiger partial charge on any atom is -0.389 e. The SMILES string of the molecule is CCC1CCCCC1(O)Cc1c(F)cccc1Cl. The van der Waals surface area contributed by atoms with E-state index >= 15 is 0 Å². The molecule has 2 unspecified atom stereocenters. The van der Waals surface area contributed by atoms with Crippen molar-refractivity contribution < 1.29 is 9.50 Å². The summed E-state index contributed by atoms with van der Waals surface area (Å²) in [6, 6.07) is 4.70. The first kappa shape index (κ1) is 13.8. The fraction of sp³-hybridized carbons (Fsp3) is 0.600. The lowest BCUT2D eigenvalue weighted by Crippen LogP contribution is -2.42. The predicted molar refractivity (Wildman–Crippen MR) is 72.3 cm³/mol. The molecule has 1 saturated carbocycles. The topological polar surface area (TPSA) is 20.2 Å². The highest BCUT2D eigenvalue weighted by Crippen LogP contribution is 2.39. The Morgan fingerprint density at radius 3 is 2.89 bits per heavy atom. The molecule has 2 atom stereocenters. The molecular formula is C15H20ClFO. The Labute approximate surface area is 113 Å². The third kappa shape index (κ3) is 2.70. The zero-order valence-corrected chi connectivity index (χ0v) is 11.5. The molecule has 0 aliphatic heterocycles. The Balaban J connectivity index is 2.25. The molecule has 2 rings (SSSR count). The van der Waals surface area contributed by atoms with E-state index in [4.69, 9.17) is 11.6 Å². The fourth-order valence-electron chi connectivity index (χ4n) is 3.12. The average Bonchev–Trinajstić information content (AvgIpc) is 2.35. The second-order valence-electron chi connectivity index (χ2n) is 5.33. The summed E-state index contributed by atoms with van der Waals surface area (Å²) in [4.78, 5) is 0. The van der Waals surface area contributed by atoms with Gasteiger partial charge in [-0.15, -0.1) is 0 Å². The molecule has 0 bridgehead atoms. The van der Waals surface area contributed by atoms with Crippen LogP contribution in [0.15, 0.2) is 18.2 Å². The lowest BCUT2D eigenvalue weighted by molar-refractivity contribution is -0.0496. The Hall–Kier alpha value is -0.600. The molecular weight excluding hydrogens is 251 g/mol. The van der Waals surface area contributed by atoms with Crippen molar-refractivity contribution in [3.8, 4) is 0 Å². The summed E-state index contributed by atoms with van der Waals surface area (Å²) in [7, 11) is 0. The number of benzene rings is 1. The molecule has 100 valence electrons. The minimum atomic E-state index is -0.793. The second kappa shape index (κ2) is 5.58. The van der Waals surface area contributed by atoms with Crippen LogP contribution in [-0.2, 0) is 6.42 Å². The largest absolute Gasteiger partial charge is 0.389 e. The highest BCUT2D eigenvalue weighted by molar-refractivity contribution is 6.31. The van der Waals surface area contributed by atoms with Crippen molar-refractivity contribution in [3.63, 3.8) is 0 Å². The van der Waals surface area contributed by atoms with Crippen molar-refractivity contribution in [3.05, 3.63) is 34.6 Å². The molecule has 1 fully saturated rings. The minimum absolute atomic E-state index is 0.252. The van der Waals surface area contributed by atoms with Gasteiger partial charge < -0.3 is 5.11 Å². The van der Waals surface area contributed by atoms with Gasteiger partial charge in [0.15, 0.2) is 0 Å². The summed E-state index contributed by atoms with van der Waals surface area (Å²) in [6.45, 7) is 2.09. The zero-order chi connectivity index (χ0) is 13.2. The molecule has 1 aromatic carbocycles. The van der Waals surface area contributed by atoms with Gasteiger partial charge in [0.2, 0.25) is 0 Å². The Kier molecular flexibility index (Phi) is 4.29. The quantitative estimate of drug-likeness (QED) is 0.866. The number of rotatable bonds is 3. The summed E-state index contributed by atoms with van der Waals surface area (Å²) in [5.41, 5.74) is -0.333. The molecule has 1 aliphatic carbocycles. The highest BCUT2D eigenvalue weighted by atomic mass is 35.5. The van der Waals surface area contributed by atoms with E-state index in [1.807, 2.05) is 0 Å². The molecule has 0 saturated heterocycles. The zero-order valence-electron chi connectivity index (χ0n) is 10.8. The van der Waals surface area contributed by atoms with Crippen LogP contribution < -0.4 is 0 Å². The Morgan fingerprint density at radius 1 is 1.44 bits per heavy atom. The summed E-state index contributed by atoms with van der Waals surface area (Å²) in [5.74, 6) is -0.0572. The van der Waals surface area contributed by atoms with Crippen LogP contribution >= 0.6 is 11.6 Å². The van der Waals surface area contributed by atoms with Crippen LogP contribution in [0.3, 0.4) is 0 Å². The molecule has 0 radical (unpaired) electrons. The van der Waals surface area contributed by atoms with Crippen molar-refractivity contribution >= 4 is 11.6 Å². The maximum Gasteiger partial charge on any atom is 0.127 e. The van der Waals surface area contributed by atoms with E-state index < -0.39 is 5.60 Å². The summed E-state index contributed by atoms with van der Waals surface area (Å²) >= 11 is 6.05. The first-order chi connectivity index (χ1) is 8.57. The van der Waals surface area contributed by atoms with Gasteiger partial charge in [0.05, 0.1) is 5.60 Å². The van der Waals surface area contributed by atoms with Crippen LogP contribution in [-0.4, -0.2) is 10.7 Å². The van der Waals surface area contributed by atoms with E-state index in [1.54, 1.807) is 12.1 Å². The van der Waals surface area contributed by atoms with Crippen LogP contribution in [0.25, 0.3) is 0 Å². The molecule has 0 aromatic heterocycles. The Morgan fingerprint density at radius 2 is 2.22 bits per heavy atom. The van der Waals surface area contributed by atoms with E-state index in [2.05, 4.69) is 6.92 Å². The fourth-order valence-corrected chi connectivity index (χ4v) is 3.35. The lowest BCUT2D eigenvalue weighted by atomic mass is 9.71. The summed E-state index contributed by atoms with van der Waals surface area (Å²) in [6.07, 6.45) is 5.21. The summed E-state index contributed by atoms with van der Waals surface area (Å²) in [5, 5.41) is 11.2. The van der Waals surface area contributed by atoms with Crippen LogP contribution in [0, 0.1) is 11.7 Å². The van der Waals surface area contributed by atoms with Crippen molar-refractivity contribution in [1.29, 1.82) is 0 Å². The molecule has 0 spiro atoms. The third-order valence-electron chi connectivity index (χ3n) is 4.21. The van der Waals surface area contributed by atoms with Crippen molar-refractivity contribution in [2.45, 2.75) is 51.0 Å². The summed E-state index contributed by atoms with van der Waals surface area (Å²) < 4.78 is 13.8. The van der Waals surface area contributed by atoms with Gasteiger partial charge in [-0.3, -0.25) is 0 Å². The molecule has 0 amide bonds. The van der Waals surface area contributed by atoms with Gasteiger partial charge in [-0.05, 0) is 30.9 Å². The standard InChI is InChI=1S/C15H20ClFO/c1-2-11-6-3-4-9-15(11,18)10-12-13(16)7-5-8-14(12)17/h5,7-8,11,18H,2-4,6,9-10H2,1H3. The Bertz CT molecular complexity index is 401. The second-order valence-corrected chi connectivity index (χ2v) is 5.74. The predicted octanol–water partition coefficient (Wildman–Crippen LogP) is 4.35. The van der Waals surface area contributed by atoms with E-state index in [9.17, 15) is 9.50 Å². The third-order valence-corrected chi connectivity index (χ3v) is 4.56. The van der Waals surface area contributed by atoms with Crippen LogP contribution in [0.5, 0.6) is 0 Å². The normalized spacial score (nSPS) is 28.3. The van der Waals surface area contributed by atoms with E-state index in [0.717, 1.165) is 32.1 Å². The van der Waals surface area contributed by atoms with Crippen LogP contribution in [0.4, 0.5) is 4.39 Å². The van der Waals surface area contributed by atoms with Gasteiger partial charge >= 0.3 is 0 Å². The molecule has 1 nitrogen and oxygen atoms in total. The number of hydrogen-bond donors (Lipinski definition) is 1. The monoisotopic (exact) mass is 270 g/mol. The number of halogens is 2. The van der Waals surface area contributed by atoms with Crippen LogP contribution in [0.1, 0.15) is 44.6 Å². The first-order valence-electron chi connectivity index (χ1n) is 6.72. The van der Waals surface area contributed by atoms with Gasteiger partial charge in [0.1, 0.15) is 5.82 Å². The van der Waals surface area contributed by atoms with E-state index in [0.29, 0.717) is 17.0 Å². The molecule has 1 N–H and O–H groups in total. The van der Waals surface area contributed by atoms with E-state index in [-0.39, 0.29) is 11.7 Å². The number of aliphatic hydroxyl groups is 1. The molecule has 1 aromatic rings. The van der Waals surface area contributed by atoms with Gasteiger partial charge in [-0.2, -0.15) is 0 Å². The maximum absolute atomic E-state index is 13.8. The van der Waals surface area contributed by atoms with Crippen LogP contribution in [0.2, 0.25) is 5.02 Å². The number of hydrogen-bond acceptors (Lipinski definition) is 1. The first-order valence-corrected chi connectivity index (χ1v) is 7.10. The maximum atomic E-state index is 13.8. The molecule has 0 heterocycles. The highest BCUT2D eigenvalue weighted by Gasteiger charge is 2.38.